The minimum atomic E-state index is 0. The van der Waals surface area contributed by atoms with Gasteiger partial charge in [-0.2, -0.15) is 0 Å². The van der Waals surface area contributed by atoms with Crippen molar-refractivity contribution in [2.24, 2.45) is 0 Å². The highest BCUT2D eigenvalue weighted by atomic mass is 127. The van der Waals surface area contributed by atoms with Crippen LogP contribution in [0.25, 0.3) is 11.1 Å². The highest BCUT2D eigenvalue weighted by molar-refractivity contribution is 14.0. The van der Waals surface area contributed by atoms with Crippen molar-refractivity contribution >= 4 is 24.0 Å². The highest BCUT2D eigenvalue weighted by Gasteiger charge is 2.01. The van der Waals surface area contributed by atoms with Gasteiger partial charge < -0.3 is 0 Å². The molecule has 0 heterocycles. The van der Waals surface area contributed by atoms with Gasteiger partial charge in [0.2, 0.25) is 0 Å². The number of rotatable bonds is 1. The van der Waals surface area contributed by atoms with Crippen molar-refractivity contribution in [2.75, 3.05) is 0 Å². The molecule has 0 saturated carbocycles. The third-order valence-corrected chi connectivity index (χ3v) is 2.69. The number of hydrogen-bond acceptors (Lipinski definition) is 0. The average molecular weight is 310 g/mol. The largest absolute Gasteiger partial charge is 0.107 e. The van der Waals surface area contributed by atoms with Crippen LogP contribution in [0.1, 0.15) is 11.1 Å². The fraction of sp³-hybridized carbons (Fsp3) is 0.143. The Morgan fingerprint density at radius 2 is 1.40 bits per heavy atom. The van der Waals surface area contributed by atoms with Crippen molar-refractivity contribution in [2.45, 2.75) is 13.8 Å². The lowest BCUT2D eigenvalue weighted by atomic mass is 9.97. The summed E-state index contributed by atoms with van der Waals surface area (Å²) in [7, 11) is 0. The summed E-state index contributed by atoms with van der Waals surface area (Å²) >= 11 is 0. The Balaban J connectivity index is 0.00000112. The molecular formula is C14H15I. The van der Waals surface area contributed by atoms with Crippen molar-refractivity contribution in [1.29, 1.82) is 0 Å². The van der Waals surface area contributed by atoms with E-state index in [1.807, 2.05) is 0 Å². The van der Waals surface area contributed by atoms with Gasteiger partial charge >= 0.3 is 0 Å². The van der Waals surface area contributed by atoms with Gasteiger partial charge in [-0.25, -0.2) is 0 Å². The van der Waals surface area contributed by atoms with Crippen molar-refractivity contribution in [3.63, 3.8) is 0 Å². The first-order chi connectivity index (χ1) is 6.79. The number of halogens is 1. The fourth-order valence-corrected chi connectivity index (χ4v) is 1.68. The Kier molecular flexibility index (Phi) is 4.33. The van der Waals surface area contributed by atoms with Crippen molar-refractivity contribution in [1.82, 2.24) is 0 Å². The minimum absolute atomic E-state index is 0. The topological polar surface area (TPSA) is 0 Å². The van der Waals surface area contributed by atoms with Crippen LogP contribution in [-0.2, 0) is 0 Å². The van der Waals surface area contributed by atoms with Crippen molar-refractivity contribution in [3.8, 4) is 11.1 Å². The number of benzene rings is 2. The lowest BCUT2D eigenvalue weighted by molar-refractivity contribution is 1.34. The van der Waals surface area contributed by atoms with Gasteiger partial charge in [-0.1, -0.05) is 48.5 Å². The van der Waals surface area contributed by atoms with Gasteiger partial charge in [0.1, 0.15) is 0 Å². The van der Waals surface area contributed by atoms with E-state index in [4.69, 9.17) is 0 Å². The van der Waals surface area contributed by atoms with Crippen LogP contribution in [-0.4, -0.2) is 0 Å². The zero-order chi connectivity index (χ0) is 9.97. The summed E-state index contributed by atoms with van der Waals surface area (Å²) < 4.78 is 0. The van der Waals surface area contributed by atoms with Gasteiger partial charge in [0.15, 0.2) is 0 Å². The van der Waals surface area contributed by atoms with Gasteiger partial charge in [0.05, 0.1) is 0 Å². The Morgan fingerprint density at radius 3 is 2.07 bits per heavy atom. The molecule has 78 valence electrons. The first kappa shape index (κ1) is 12.2. The molecule has 0 unspecified atom stereocenters. The zero-order valence-electron chi connectivity index (χ0n) is 9.03. The van der Waals surface area contributed by atoms with Crippen molar-refractivity contribution in [3.05, 3.63) is 59.7 Å². The van der Waals surface area contributed by atoms with Gasteiger partial charge in [-0.3, -0.25) is 0 Å². The van der Waals surface area contributed by atoms with E-state index >= 15 is 0 Å². The molecule has 0 radical (unpaired) electrons. The summed E-state index contributed by atoms with van der Waals surface area (Å²) in [6.07, 6.45) is 0. The molecule has 0 aliphatic carbocycles. The second kappa shape index (κ2) is 5.31. The predicted octanol–water partition coefficient (Wildman–Crippen LogP) is 4.59. The minimum Gasteiger partial charge on any atom is -0.107 e. The maximum atomic E-state index is 2.18. The molecule has 0 N–H and O–H groups in total. The Bertz CT molecular complexity index is 432. The van der Waals surface area contributed by atoms with Crippen molar-refractivity contribution < 1.29 is 0 Å². The van der Waals surface area contributed by atoms with E-state index in [-0.39, 0.29) is 24.0 Å². The molecule has 0 fully saturated rings. The van der Waals surface area contributed by atoms with Crippen LogP contribution in [0, 0.1) is 13.8 Å². The van der Waals surface area contributed by atoms with E-state index < -0.39 is 0 Å². The van der Waals surface area contributed by atoms with Crippen LogP contribution in [0.2, 0.25) is 0 Å². The Labute approximate surface area is 108 Å². The quantitative estimate of drug-likeness (QED) is 0.676. The smallest absolute Gasteiger partial charge is 0.0152 e. The molecule has 2 aromatic carbocycles. The molecule has 0 aliphatic rings. The molecule has 0 spiro atoms. The lowest BCUT2D eigenvalue weighted by Crippen LogP contribution is -1.85. The van der Waals surface area contributed by atoms with E-state index in [1.54, 1.807) is 0 Å². The number of hydrogen-bond donors (Lipinski definition) is 0. The Morgan fingerprint density at radius 1 is 0.733 bits per heavy atom. The monoisotopic (exact) mass is 310 g/mol. The third kappa shape index (κ3) is 2.59. The molecule has 15 heavy (non-hydrogen) atoms. The lowest BCUT2D eigenvalue weighted by Gasteiger charge is -2.07. The standard InChI is InChI=1S/C14H14.HI/c1-11-7-6-10-14(12(11)2)13-8-4-3-5-9-13;/h3-10H,1-2H3;1H. The molecule has 0 bridgehead atoms. The Hall–Kier alpha value is -0.830. The molecule has 2 rings (SSSR count). The van der Waals surface area contributed by atoms with Crippen LogP contribution < -0.4 is 0 Å². The van der Waals surface area contributed by atoms with E-state index in [1.165, 1.54) is 22.3 Å². The van der Waals surface area contributed by atoms with Crippen LogP contribution >= 0.6 is 24.0 Å². The molecule has 2 aromatic rings. The normalized spacial score (nSPS) is 9.47. The van der Waals surface area contributed by atoms with Gasteiger partial charge in [-0.05, 0) is 36.1 Å². The summed E-state index contributed by atoms with van der Waals surface area (Å²) in [5, 5.41) is 0. The zero-order valence-corrected chi connectivity index (χ0v) is 11.4. The molecule has 0 saturated heterocycles. The summed E-state index contributed by atoms with van der Waals surface area (Å²) in [6, 6.07) is 17.0. The first-order valence-electron chi connectivity index (χ1n) is 4.90. The second-order valence-electron chi connectivity index (χ2n) is 3.61. The van der Waals surface area contributed by atoms with Crippen LogP contribution in [0.3, 0.4) is 0 Å². The molecule has 0 nitrogen and oxygen atoms in total. The molecule has 0 aliphatic heterocycles. The molecular weight excluding hydrogens is 295 g/mol. The second-order valence-corrected chi connectivity index (χ2v) is 3.61. The summed E-state index contributed by atoms with van der Waals surface area (Å²) in [6.45, 7) is 4.33. The molecule has 0 amide bonds. The summed E-state index contributed by atoms with van der Waals surface area (Å²) in [5.74, 6) is 0. The molecule has 0 aromatic heterocycles. The van der Waals surface area contributed by atoms with Crippen LogP contribution in [0.5, 0.6) is 0 Å². The van der Waals surface area contributed by atoms with E-state index in [0.717, 1.165) is 0 Å². The third-order valence-electron chi connectivity index (χ3n) is 2.69. The molecule has 1 heteroatoms. The molecule has 0 atom stereocenters. The SMILES string of the molecule is Cc1cccc(-c2ccccc2)c1C.I. The maximum Gasteiger partial charge on any atom is -0.0152 e. The van der Waals surface area contributed by atoms with E-state index in [2.05, 4.69) is 62.4 Å². The highest BCUT2D eigenvalue weighted by Crippen LogP contribution is 2.24. The van der Waals surface area contributed by atoms with Gasteiger partial charge in [-0.15, -0.1) is 24.0 Å². The van der Waals surface area contributed by atoms with E-state index in [0.29, 0.717) is 0 Å². The van der Waals surface area contributed by atoms with Crippen LogP contribution in [0.15, 0.2) is 48.5 Å². The number of aryl methyl sites for hydroxylation is 1. The summed E-state index contributed by atoms with van der Waals surface area (Å²) in [4.78, 5) is 0. The first-order valence-corrected chi connectivity index (χ1v) is 4.90. The van der Waals surface area contributed by atoms with Gasteiger partial charge in [0.25, 0.3) is 0 Å². The predicted molar refractivity (Wildman–Crippen MR) is 76.8 cm³/mol. The maximum absolute atomic E-state index is 2.18. The fourth-order valence-electron chi connectivity index (χ4n) is 1.68. The van der Waals surface area contributed by atoms with Gasteiger partial charge in [0, 0.05) is 0 Å². The van der Waals surface area contributed by atoms with E-state index in [9.17, 15) is 0 Å². The summed E-state index contributed by atoms with van der Waals surface area (Å²) in [5.41, 5.74) is 5.37. The average Bonchev–Trinajstić information content (AvgIpc) is 2.23. The van der Waals surface area contributed by atoms with Crippen LogP contribution in [0.4, 0.5) is 0 Å².